The molecule has 7 nitrogen and oxygen atoms in total. The molecule has 0 saturated heterocycles. The monoisotopic (exact) mass is 291 g/mol. The molecule has 21 heavy (non-hydrogen) atoms. The smallest absolute Gasteiger partial charge is 0.334 e. The molecule has 2 atom stereocenters. The van der Waals surface area contributed by atoms with Gasteiger partial charge in [-0.3, -0.25) is 4.79 Å². The first kappa shape index (κ1) is 15.0. The van der Waals surface area contributed by atoms with Crippen molar-refractivity contribution in [2.24, 2.45) is 5.73 Å². The average Bonchev–Trinajstić information content (AvgIpc) is 2.87. The minimum atomic E-state index is -1.63. The Hall–Kier alpha value is -2.38. The summed E-state index contributed by atoms with van der Waals surface area (Å²) in [6.07, 6.45) is 0.484. The maximum Gasteiger partial charge on any atom is 0.334 e. The van der Waals surface area contributed by atoms with Crippen LogP contribution in [0.2, 0.25) is 0 Å². The van der Waals surface area contributed by atoms with Gasteiger partial charge in [-0.1, -0.05) is 18.2 Å². The molecule has 6 N–H and O–H groups in total. The molecule has 0 spiro atoms. The molecular weight excluding hydrogens is 274 g/mol. The van der Waals surface area contributed by atoms with Crippen LogP contribution >= 0.6 is 0 Å². The summed E-state index contributed by atoms with van der Waals surface area (Å²) in [5, 5.41) is 20.9. The summed E-state index contributed by atoms with van der Waals surface area (Å²) in [7, 11) is 0. The fraction of sp³-hybridized carbons (Fsp3) is 0.286. The van der Waals surface area contributed by atoms with Crippen molar-refractivity contribution in [1.82, 2.24) is 10.3 Å². The van der Waals surface area contributed by atoms with Crippen LogP contribution in [0.1, 0.15) is 5.56 Å². The molecule has 7 heteroatoms. The van der Waals surface area contributed by atoms with E-state index in [2.05, 4.69) is 10.3 Å². The number of hydrogen-bond acceptors (Lipinski definition) is 4. The van der Waals surface area contributed by atoms with Crippen molar-refractivity contribution in [3.8, 4) is 0 Å². The first-order valence-corrected chi connectivity index (χ1v) is 6.48. The zero-order chi connectivity index (χ0) is 15.4. The molecule has 1 unspecified atom stereocenters. The van der Waals surface area contributed by atoms with E-state index in [9.17, 15) is 9.59 Å². The maximum atomic E-state index is 11.8. The van der Waals surface area contributed by atoms with Crippen LogP contribution < -0.4 is 11.1 Å². The highest BCUT2D eigenvalue weighted by atomic mass is 16.4. The third kappa shape index (κ3) is 3.59. The third-order valence-corrected chi connectivity index (χ3v) is 3.21. The lowest BCUT2D eigenvalue weighted by Crippen LogP contribution is -2.45. The van der Waals surface area contributed by atoms with E-state index < -0.39 is 24.0 Å². The van der Waals surface area contributed by atoms with Crippen molar-refractivity contribution in [2.75, 3.05) is 6.54 Å². The molecule has 112 valence electrons. The van der Waals surface area contributed by atoms with Gasteiger partial charge in [-0.05, 0) is 18.1 Å². The Morgan fingerprint density at radius 3 is 2.76 bits per heavy atom. The number of aromatic amines is 1. The number of nitrogens with two attached hydrogens (primary N) is 1. The lowest BCUT2D eigenvalue weighted by atomic mass is 10.1. The molecule has 0 aliphatic carbocycles. The van der Waals surface area contributed by atoms with Gasteiger partial charge in [0.1, 0.15) is 0 Å². The van der Waals surface area contributed by atoms with Gasteiger partial charge in [0.15, 0.2) is 6.10 Å². The number of aliphatic hydroxyl groups is 1. The zero-order valence-corrected chi connectivity index (χ0v) is 11.2. The molecular formula is C14H17N3O4. The summed E-state index contributed by atoms with van der Waals surface area (Å²) in [4.78, 5) is 25.3. The molecule has 1 aromatic carbocycles. The zero-order valence-electron chi connectivity index (χ0n) is 11.2. The van der Waals surface area contributed by atoms with E-state index >= 15 is 0 Å². The van der Waals surface area contributed by atoms with Crippen LogP contribution in [0, 0.1) is 0 Å². The van der Waals surface area contributed by atoms with Crippen LogP contribution in [0.15, 0.2) is 30.5 Å². The van der Waals surface area contributed by atoms with Crippen LogP contribution in [0.3, 0.4) is 0 Å². The Morgan fingerprint density at radius 1 is 1.33 bits per heavy atom. The quantitative estimate of drug-likeness (QED) is 0.494. The number of para-hydroxylation sites is 1. The van der Waals surface area contributed by atoms with Gasteiger partial charge in [0, 0.05) is 17.1 Å². The summed E-state index contributed by atoms with van der Waals surface area (Å²) in [5.41, 5.74) is 7.68. The fourth-order valence-electron chi connectivity index (χ4n) is 2.05. The summed E-state index contributed by atoms with van der Waals surface area (Å²) in [6.45, 7) is -0.365. The second-order valence-corrected chi connectivity index (χ2v) is 4.77. The highest BCUT2D eigenvalue weighted by Crippen LogP contribution is 2.18. The first-order valence-electron chi connectivity index (χ1n) is 6.48. The highest BCUT2D eigenvalue weighted by molar-refractivity contribution is 5.86. The molecule has 0 bridgehead atoms. The van der Waals surface area contributed by atoms with Gasteiger partial charge in [0.2, 0.25) is 5.91 Å². The number of aliphatic hydroxyl groups excluding tert-OH is 1. The topological polar surface area (TPSA) is 128 Å². The summed E-state index contributed by atoms with van der Waals surface area (Å²) < 4.78 is 0. The molecule has 0 radical (unpaired) electrons. The SMILES string of the molecule is NC(Cc1c[nH]c2ccccc12)C(=O)NC[C@H](O)C(=O)O. The Balaban J connectivity index is 1.96. The van der Waals surface area contributed by atoms with Gasteiger partial charge in [-0.15, -0.1) is 0 Å². The number of carbonyl (C=O) groups is 2. The van der Waals surface area contributed by atoms with E-state index in [1.54, 1.807) is 6.20 Å². The van der Waals surface area contributed by atoms with E-state index in [1.165, 1.54) is 0 Å². The van der Waals surface area contributed by atoms with E-state index in [-0.39, 0.29) is 6.54 Å². The number of benzene rings is 1. The van der Waals surface area contributed by atoms with Crippen molar-refractivity contribution < 1.29 is 19.8 Å². The predicted molar refractivity (Wildman–Crippen MR) is 76.6 cm³/mol. The van der Waals surface area contributed by atoms with Gasteiger partial charge >= 0.3 is 5.97 Å². The standard InChI is InChI=1S/C14H17N3O4/c15-10(13(19)17-7-12(18)14(20)21)5-8-6-16-11-4-2-1-3-9(8)11/h1-4,6,10,12,16,18H,5,7,15H2,(H,17,19)(H,20,21)/t10?,12-/m0/s1. The first-order chi connectivity index (χ1) is 9.99. The number of amides is 1. The second-order valence-electron chi connectivity index (χ2n) is 4.77. The third-order valence-electron chi connectivity index (χ3n) is 3.21. The maximum absolute atomic E-state index is 11.8. The van der Waals surface area contributed by atoms with Crippen molar-refractivity contribution in [3.05, 3.63) is 36.0 Å². The number of carbonyl (C=O) groups excluding carboxylic acids is 1. The number of hydrogen-bond donors (Lipinski definition) is 5. The van der Waals surface area contributed by atoms with Crippen molar-refractivity contribution in [1.29, 1.82) is 0 Å². The molecule has 2 aromatic rings. The average molecular weight is 291 g/mol. The van der Waals surface area contributed by atoms with Crippen LogP contribution in [0.5, 0.6) is 0 Å². The largest absolute Gasteiger partial charge is 0.479 e. The molecule has 1 aromatic heterocycles. The Labute approximate surface area is 120 Å². The number of nitrogens with one attached hydrogen (secondary N) is 2. The number of fused-ring (bicyclic) bond motifs is 1. The number of aliphatic carboxylic acids is 1. The number of aromatic nitrogens is 1. The number of carboxylic acids is 1. The molecule has 1 heterocycles. The second kappa shape index (κ2) is 6.38. The number of H-pyrrole nitrogens is 1. The summed E-state index contributed by atoms with van der Waals surface area (Å²) in [6, 6.07) is 6.84. The van der Waals surface area contributed by atoms with E-state index in [4.69, 9.17) is 15.9 Å². The van der Waals surface area contributed by atoms with Crippen molar-refractivity contribution in [3.63, 3.8) is 0 Å². The summed E-state index contributed by atoms with van der Waals surface area (Å²) in [5.74, 6) is -1.89. The van der Waals surface area contributed by atoms with Gasteiger partial charge < -0.3 is 26.2 Å². The van der Waals surface area contributed by atoms with Crippen LogP contribution in [0.25, 0.3) is 10.9 Å². The van der Waals surface area contributed by atoms with Gasteiger partial charge in [-0.25, -0.2) is 4.79 Å². The van der Waals surface area contributed by atoms with Crippen molar-refractivity contribution in [2.45, 2.75) is 18.6 Å². The Bertz CT molecular complexity index is 652. The lowest BCUT2D eigenvalue weighted by Gasteiger charge is -2.13. The van der Waals surface area contributed by atoms with Gasteiger partial charge in [-0.2, -0.15) is 0 Å². The highest BCUT2D eigenvalue weighted by Gasteiger charge is 2.19. The minimum Gasteiger partial charge on any atom is -0.479 e. The lowest BCUT2D eigenvalue weighted by molar-refractivity contribution is -0.146. The molecule has 1 amide bonds. The van der Waals surface area contributed by atoms with Crippen molar-refractivity contribution >= 4 is 22.8 Å². The fourth-order valence-corrected chi connectivity index (χ4v) is 2.05. The van der Waals surface area contributed by atoms with E-state index in [1.807, 2.05) is 24.3 Å². The normalized spacial score (nSPS) is 13.8. The summed E-state index contributed by atoms with van der Waals surface area (Å²) >= 11 is 0. The Morgan fingerprint density at radius 2 is 2.05 bits per heavy atom. The molecule has 0 aliphatic heterocycles. The predicted octanol–water partition coefficient (Wildman–Crippen LogP) is -0.401. The minimum absolute atomic E-state index is 0.318. The molecule has 0 saturated carbocycles. The molecule has 0 fully saturated rings. The van der Waals surface area contributed by atoms with Crippen LogP contribution in [-0.4, -0.2) is 45.8 Å². The molecule has 0 aliphatic rings. The Kier molecular flexibility index (Phi) is 4.56. The van der Waals surface area contributed by atoms with E-state index in [0.29, 0.717) is 6.42 Å². The van der Waals surface area contributed by atoms with Crippen LogP contribution in [-0.2, 0) is 16.0 Å². The van der Waals surface area contributed by atoms with Crippen LogP contribution in [0.4, 0.5) is 0 Å². The van der Waals surface area contributed by atoms with Gasteiger partial charge in [0.25, 0.3) is 0 Å². The molecule has 2 rings (SSSR count). The number of rotatable bonds is 6. The number of carboxylic acid groups (broad SMARTS) is 1. The van der Waals surface area contributed by atoms with Gasteiger partial charge in [0.05, 0.1) is 12.6 Å². The van der Waals surface area contributed by atoms with E-state index in [0.717, 1.165) is 16.5 Å².